The van der Waals surface area contributed by atoms with Crippen molar-refractivity contribution in [2.75, 3.05) is 46.5 Å². The molecule has 0 radical (unpaired) electrons. The van der Waals surface area contributed by atoms with Gasteiger partial charge in [0.05, 0.1) is 38.6 Å². The second-order valence-corrected chi connectivity index (χ2v) is 7.68. The molecule has 0 N–H and O–H groups in total. The molecule has 0 unspecified atom stereocenters. The van der Waals surface area contributed by atoms with Gasteiger partial charge in [-0.2, -0.15) is 0 Å². The second kappa shape index (κ2) is 9.37. The van der Waals surface area contributed by atoms with E-state index in [2.05, 4.69) is 23.1 Å². The van der Waals surface area contributed by atoms with Crippen LogP contribution in [0.4, 0.5) is 0 Å². The first-order valence-electron chi connectivity index (χ1n) is 10.4. The zero-order chi connectivity index (χ0) is 20.1. The van der Waals surface area contributed by atoms with Crippen LogP contribution in [0.15, 0.2) is 42.5 Å². The normalized spacial score (nSPS) is 20.0. The number of aromatic nitrogens is 1. The highest BCUT2D eigenvalue weighted by Gasteiger charge is 2.32. The van der Waals surface area contributed by atoms with Crippen LogP contribution in [0.1, 0.15) is 35.8 Å². The number of amides is 1. The van der Waals surface area contributed by atoms with Crippen LogP contribution < -0.4 is 4.74 Å². The molecule has 0 bridgehead atoms. The van der Waals surface area contributed by atoms with Crippen LogP contribution in [0.3, 0.4) is 0 Å². The number of nitrogens with zero attached hydrogens (tertiary/aromatic N) is 3. The maximum atomic E-state index is 13.0. The molecule has 2 aliphatic heterocycles. The lowest BCUT2D eigenvalue weighted by atomic mass is 10.1. The highest BCUT2D eigenvalue weighted by atomic mass is 16.5. The van der Waals surface area contributed by atoms with Gasteiger partial charge in [-0.1, -0.05) is 24.3 Å². The Morgan fingerprint density at radius 3 is 2.79 bits per heavy atom. The molecule has 1 atom stereocenters. The SMILES string of the molecule is COc1ccccc1Cc1cccc([C@H]2CCCN2C(=O)CN2CCOCC2)n1. The number of para-hydroxylation sites is 1. The first kappa shape index (κ1) is 19.9. The van der Waals surface area contributed by atoms with Gasteiger partial charge in [-0.3, -0.25) is 14.7 Å². The molecule has 2 saturated heterocycles. The fourth-order valence-corrected chi connectivity index (χ4v) is 4.24. The highest BCUT2D eigenvalue weighted by Crippen LogP contribution is 2.31. The van der Waals surface area contributed by atoms with Gasteiger partial charge in [-0.05, 0) is 31.0 Å². The fraction of sp³-hybridized carbons (Fsp3) is 0.478. The lowest BCUT2D eigenvalue weighted by Crippen LogP contribution is -2.44. The zero-order valence-electron chi connectivity index (χ0n) is 17.0. The number of hydrogen-bond acceptors (Lipinski definition) is 5. The number of carbonyl (C=O) groups is 1. The summed E-state index contributed by atoms with van der Waals surface area (Å²) in [7, 11) is 1.69. The molecule has 2 fully saturated rings. The van der Waals surface area contributed by atoms with Crippen LogP contribution in [-0.2, 0) is 16.0 Å². The van der Waals surface area contributed by atoms with Gasteiger partial charge in [0.1, 0.15) is 5.75 Å². The van der Waals surface area contributed by atoms with E-state index < -0.39 is 0 Å². The maximum absolute atomic E-state index is 13.0. The van der Waals surface area contributed by atoms with Crippen molar-refractivity contribution < 1.29 is 14.3 Å². The van der Waals surface area contributed by atoms with Gasteiger partial charge in [-0.25, -0.2) is 0 Å². The number of likely N-dealkylation sites (tertiary alicyclic amines) is 1. The van der Waals surface area contributed by atoms with Crippen LogP contribution in [0.25, 0.3) is 0 Å². The Kier molecular flexibility index (Phi) is 6.42. The van der Waals surface area contributed by atoms with Crippen molar-refractivity contribution >= 4 is 5.91 Å². The first-order chi connectivity index (χ1) is 14.2. The molecule has 2 aromatic rings. The summed E-state index contributed by atoms with van der Waals surface area (Å²) in [5.41, 5.74) is 3.11. The van der Waals surface area contributed by atoms with E-state index in [1.54, 1.807) is 7.11 Å². The third-order valence-corrected chi connectivity index (χ3v) is 5.77. The third-order valence-electron chi connectivity index (χ3n) is 5.77. The molecule has 6 heteroatoms. The van der Waals surface area contributed by atoms with E-state index in [9.17, 15) is 4.79 Å². The number of morpholine rings is 1. The average Bonchev–Trinajstić information content (AvgIpc) is 3.25. The van der Waals surface area contributed by atoms with E-state index >= 15 is 0 Å². The van der Waals surface area contributed by atoms with E-state index in [1.807, 2.05) is 29.2 Å². The number of hydrogen-bond donors (Lipinski definition) is 0. The smallest absolute Gasteiger partial charge is 0.237 e. The van der Waals surface area contributed by atoms with E-state index in [4.69, 9.17) is 14.5 Å². The van der Waals surface area contributed by atoms with Crippen LogP contribution in [0.5, 0.6) is 5.75 Å². The molecule has 0 spiro atoms. The molecule has 0 saturated carbocycles. The summed E-state index contributed by atoms with van der Waals surface area (Å²) in [5.74, 6) is 1.08. The van der Waals surface area contributed by atoms with Gasteiger partial charge in [0.25, 0.3) is 0 Å². The van der Waals surface area contributed by atoms with Crippen LogP contribution in [0, 0.1) is 0 Å². The van der Waals surface area contributed by atoms with Crippen molar-refractivity contribution in [3.05, 3.63) is 59.4 Å². The molecule has 1 amide bonds. The molecular weight excluding hydrogens is 366 g/mol. The Balaban J connectivity index is 1.47. The topological polar surface area (TPSA) is 54.9 Å². The number of carbonyl (C=O) groups excluding carboxylic acids is 1. The minimum Gasteiger partial charge on any atom is -0.496 e. The van der Waals surface area contributed by atoms with Crippen LogP contribution >= 0.6 is 0 Å². The largest absolute Gasteiger partial charge is 0.496 e. The summed E-state index contributed by atoms with van der Waals surface area (Å²) in [6.45, 7) is 4.37. The number of rotatable bonds is 6. The van der Waals surface area contributed by atoms with Crippen LogP contribution in [0.2, 0.25) is 0 Å². The molecule has 3 heterocycles. The minimum absolute atomic E-state index is 0.0705. The number of pyridine rings is 1. The summed E-state index contributed by atoms with van der Waals surface area (Å²) >= 11 is 0. The van der Waals surface area contributed by atoms with Gasteiger partial charge in [0, 0.05) is 37.3 Å². The lowest BCUT2D eigenvalue weighted by molar-refractivity contribution is -0.134. The Morgan fingerprint density at radius 2 is 1.97 bits per heavy atom. The predicted octanol–water partition coefficient (Wildman–Crippen LogP) is 2.68. The van der Waals surface area contributed by atoms with Crippen LogP contribution in [-0.4, -0.2) is 67.2 Å². The van der Waals surface area contributed by atoms with Crippen molar-refractivity contribution in [3.8, 4) is 5.75 Å². The van der Waals surface area contributed by atoms with Crippen molar-refractivity contribution in [1.82, 2.24) is 14.8 Å². The summed E-state index contributed by atoms with van der Waals surface area (Å²) in [6, 6.07) is 14.3. The Morgan fingerprint density at radius 1 is 1.14 bits per heavy atom. The van der Waals surface area contributed by atoms with E-state index in [0.29, 0.717) is 26.2 Å². The number of methoxy groups -OCH3 is 1. The van der Waals surface area contributed by atoms with Gasteiger partial charge < -0.3 is 14.4 Å². The van der Waals surface area contributed by atoms with Crippen molar-refractivity contribution in [2.45, 2.75) is 25.3 Å². The minimum atomic E-state index is 0.0705. The molecule has 4 rings (SSSR count). The molecule has 0 aliphatic carbocycles. The molecule has 154 valence electrons. The van der Waals surface area contributed by atoms with Gasteiger partial charge >= 0.3 is 0 Å². The van der Waals surface area contributed by atoms with Crippen molar-refractivity contribution in [2.24, 2.45) is 0 Å². The highest BCUT2D eigenvalue weighted by molar-refractivity contribution is 5.79. The fourth-order valence-electron chi connectivity index (χ4n) is 4.24. The van der Waals surface area contributed by atoms with Gasteiger partial charge in [0.15, 0.2) is 0 Å². The van der Waals surface area contributed by atoms with E-state index in [0.717, 1.165) is 55.2 Å². The monoisotopic (exact) mass is 395 g/mol. The van der Waals surface area contributed by atoms with E-state index in [-0.39, 0.29) is 11.9 Å². The summed E-state index contributed by atoms with van der Waals surface area (Å²) < 4.78 is 10.9. The van der Waals surface area contributed by atoms with Gasteiger partial charge in [-0.15, -0.1) is 0 Å². The molecular formula is C23H29N3O3. The van der Waals surface area contributed by atoms with E-state index in [1.165, 1.54) is 0 Å². The summed E-state index contributed by atoms with van der Waals surface area (Å²) in [6.07, 6.45) is 2.71. The molecule has 2 aliphatic rings. The Hall–Kier alpha value is -2.44. The molecule has 1 aromatic carbocycles. The second-order valence-electron chi connectivity index (χ2n) is 7.68. The molecule has 6 nitrogen and oxygen atoms in total. The Labute approximate surface area is 172 Å². The van der Waals surface area contributed by atoms with Crippen molar-refractivity contribution in [3.63, 3.8) is 0 Å². The Bertz CT molecular complexity index is 836. The number of benzene rings is 1. The first-order valence-corrected chi connectivity index (χ1v) is 10.4. The summed E-state index contributed by atoms with van der Waals surface area (Å²) in [5, 5.41) is 0. The number of ether oxygens (including phenoxy) is 2. The van der Waals surface area contributed by atoms with Crippen molar-refractivity contribution in [1.29, 1.82) is 0 Å². The summed E-state index contributed by atoms with van der Waals surface area (Å²) in [4.78, 5) is 22.1. The quantitative estimate of drug-likeness (QED) is 0.753. The standard InChI is InChI=1S/C23H29N3O3/c1-28-22-10-3-2-6-18(22)16-19-7-4-8-20(24-19)21-9-5-11-26(21)23(27)17-25-12-14-29-15-13-25/h2-4,6-8,10,21H,5,9,11-17H2,1H3/t21-/m1/s1. The predicted molar refractivity (Wildman–Crippen MR) is 111 cm³/mol. The molecule has 1 aromatic heterocycles. The zero-order valence-corrected chi connectivity index (χ0v) is 17.0. The third kappa shape index (κ3) is 4.77. The molecule has 29 heavy (non-hydrogen) atoms. The lowest BCUT2D eigenvalue weighted by Gasteiger charge is -2.30. The average molecular weight is 396 g/mol. The van der Waals surface area contributed by atoms with Gasteiger partial charge in [0.2, 0.25) is 5.91 Å². The maximum Gasteiger partial charge on any atom is 0.237 e.